The fourth-order valence-electron chi connectivity index (χ4n) is 2.23. The van der Waals surface area contributed by atoms with Crippen LogP contribution in [0.2, 0.25) is 0 Å². The van der Waals surface area contributed by atoms with Crippen molar-refractivity contribution >= 4 is 17.3 Å². The van der Waals surface area contributed by atoms with Crippen molar-refractivity contribution in [1.82, 2.24) is 14.8 Å². The zero-order valence-corrected chi connectivity index (χ0v) is 13.5. The fourth-order valence-corrected chi connectivity index (χ4v) is 3.02. The Hall–Kier alpha value is -2.67. The number of benzene rings is 1. The van der Waals surface area contributed by atoms with E-state index in [9.17, 15) is 4.79 Å². The molecule has 1 N–H and O–H groups in total. The van der Waals surface area contributed by atoms with Crippen LogP contribution in [0, 0.1) is 6.92 Å². The number of ether oxygens (including phenoxy) is 1. The van der Waals surface area contributed by atoms with Gasteiger partial charge >= 0.3 is 5.97 Å². The summed E-state index contributed by atoms with van der Waals surface area (Å²) in [6, 6.07) is 5.97. The van der Waals surface area contributed by atoms with Crippen molar-refractivity contribution in [2.75, 3.05) is 7.11 Å². The molecule has 6 nitrogen and oxygen atoms in total. The predicted molar refractivity (Wildman–Crippen MR) is 87.1 cm³/mol. The number of aryl methyl sites for hydroxylation is 1. The van der Waals surface area contributed by atoms with Crippen LogP contribution < -0.4 is 4.74 Å². The number of carboxylic acid groups (broad SMARTS) is 1. The normalized spacial score (nSPS) is 10.7. The lowest BCUT2D eigenvalue weighted by molar-refractivity contribution is 0.0697. The maximum absolute atomic E-state index is 10.9. The van der Waals surface area contributed by atoms with Gasteiger partial charge in [-0.1, -0.05) is 0 Å². The van der Waals surface area contributed by atoms with Crippen LogP contribution in [0.3, 0.4) is 0 Å². The van der Waals surface area contributed by atoms with Crippen LogP contribution in [-0.2, 0) is 6.54 Å². The maximum Gasteiger partial charge on any atom is 0.338 e. The second-order valence-corrected chi connectivity index (χ2v) is 6.04. The average molecular weight is 329 g/mol. The summed E-state index contributed by atoms with van der Waals surface area (Å²) in [5, 5.41) is 15.8. The number of hydrogen-bond donors (Lipinski definition) is 1. The van der Waals surface area contributed by atoms with Crippen molar-refractivity contribution in [3.63, 3.8) is 0 Å². The van der Waals surface area contributed by atoms with Gasteiger partial charge in [-0.25, -0.2) is 9.78 Å². The summed E-state index contributed by atoms with van der Waals surface area (Å²) in [6.45, 7) is 2.46. The first kappa shape index (κ1) is 15.2. The Morgan fingerprint density at radius 2 is 2.22 bits per heavy atom. The van der Waals surface area contributed by atoms with Gasteiger partial charge in [0.2, 0.25) is 0 Å². The van der Waals surface area contributed by atoms with Gasteiger partial charge in [-0.05, 0) is 30.7 Å². The molecular formula is C16H15N3O3S. The molecule has 0 saturated heterocycles. The summed E-state index contributed by atoms with van der Waals surface area (Å²) in [5.41, 5.74) is 3.14. The van der Waals surface area contributed by atoms with Crippen molar-refractivity contribution in [1.29, 1.82) is 0 Å². The zero-order chi connectivity index (χ0) is 16.4. The molecule has 0 bridgehead atoms. The Kier molecular flexibility index (Phi) is 4.12. The summed E-state index contributed by atoms with van der Waals surface area (Å²) in [4.78, 5) is 15.5. The average Bonchev–Trinajstić information content (AvgIpc) is 3.16. The van der Waals surface area contributed by atoms with Crippen LogP contribution in [0.5, 0.6) is 5.75 Å². The number of thiazole rings is 1. The largest absolute Gasteiger partial charge is 0.497 e. The molecule has 2 aromatic heterocycles. The second-order valence-electron chi connectivity index (χ2n) is 5.10. The van der Waals surface area contributed by atoms with Crippen molar-refractivity contribution in [3.8, 4) is 17.0 Å². The van der Waals surface area contributed by atoms with Gasteiger partial charge in [-0.3, -0.25) is 4.68 Å². The highest BCUT2D eigenvalue weighted by molar-refractivity contribution is 7.09. The Morgan fingerprint density at radius 1 is 1.39 bits per heavy atom. The molecule has 0 radical (unpaired) electrons. The van der Waals surface area contributed by atoms with Crippen LogP contribution in [0.1, 0.15) is 20.9 Å². The third-order valence-corrected chi connectivity index (χ3v) is 4.15. The van der Waals surface area contributed by atoms with Gasteiger partial charge in [0, 0.05) is 17.1 Å². The molecule has 7 heteroatoms. The zero-order valence-electron chi connectivity index (χ0n) is 12.7. The third-order valence-electron chi connectivity index (χ3n) is 3.31. The minimum absolute atomic E-state index is 0.171. The smallest absolute Gasteiger partial charge is 0.338 e. The lowest BCUT2D eigenvalue weighted by atomic mass is 10.1. The van der Waals surface area contributed by atoms with Gasteiger partial charge < -0.3 is 9.84 Å². The van der Waals surface area contributed by atoms with Gasteiger partial charge in [0.1, 0.15) is 10.8 Å². The monoisotopic (exact) mass is 329 g/mol. The van der Waals surface area contributed by atoms with Gasteiger partial charge in [0.25, 0.3) is 0 Å². The summed E-state index contributed by atoms with van der Waals surface area (Å²) in [6.07, 6.45) is 2.83. The van der Waals surface area contributed by atoms with Gasteiger partial charge in [-0.2, -0.15) is 5.10 Å². The quantitative estimate of drug-likeness (QED) is 0.778. The number of hydrogen-bond acceptors (Lipinski definition) is 5. The molecule has 0 amide bonds. The number of rotatable bonds is 5. The topological polar surface area (TPSA) is 77.2 Å². The minimum Gasteiger partial charge on any atom is -0.497 e. The molecule has 0 unspecified atom stereocenters. The van der Waals surface area contributed by atoms with Crippen molar-refractivity contribution in [2.45, 2.75) is 13.5 Å². The van der Waals surface area contributed by atoms with E-state index in [-0.39, 0.29) is 5.56 Å². The third kappa shape index (κ3) is 3.40. The number of methoxy groups -OCH3 is 1. The van der Waals surface area contributed by atoms with Crippen LogP contribution in [0.15, 0.2) is 36.0 Å². The highest BCUT2D eigenvalue weighted by atomic mass is 32.1. The van der Waals surface area contributed by atoms with E-state index in [2.05, 4.69) is 16.1 Å². The molecule has 0 fully saturated rings. The molecular weight excluding hydrogens is 314 g/mol. The molecule has 0 aliphatic rings. The fraction of sp³-hybridized carbons (Fsp3) is 0.188. The highest BCUT2D eigenvalue weighted by Gasteiger charge is 2.10. The minimum atomic E-state index is -0.983. The van der Waals surface area contributed by atoms with Crippen molar-refractivity contribution in [2.24, 2.45) is 0 Å². The molecule has 1 aromatic carbocycles. The number of aromatic carboxylic acids is 1. The van der Waals surface area contributed by atoms with Gasteiger partial charge in [-0.15, -0.1) is 11.3 Å². The van der Waals surface area contributed by atoms with Crippen LogP contribution >= 0.6 is 11.3 Å². The Morgan fingerprint density at radius 3 is 2.91 bits per heavy atom. The summed E-state index contributed by atoms with van der Waals surface area (Å²) < 4.78 is 6.86. The van der Waals surface area contributed by atoms with Gasteiger partial charge in [0.05, 0.1) is 31.1 Å². The first-order valence-corrected chi connectivity index (χ1v) is 7.79. The number of carbonyl (C=O) groups is 1. The molecule has 0 spiro atoms. The first-order chi connectivity index (χ1) is 11.0. The highest BCUT2D eigenvalue weighted by Crippen LogP contribution is 2.27. The van der Waals surface area contributed by atoms with E-state index < -0.39 is 5.97 Å². The summed E-state index contributed by atoms with van der Waals surface area (Å²) in [7, 11) is 1.64. The van der Waals surface area contributed by atoms with E-state index in [1.54, 1.807) is 11.8 Å². The molecule has 2 heterocycles. The van der Waals surface area contributed by atoms with E-state index in [4.69, 9.17) is 9.84 Å². The van der Waals surface area contributed by atoms with E-state index in [1.165, 1.54) is 23.7 Å². The lowest BCUT2D eigenvalue weighted by Crippen LogP contribution is -2.00. The van der Waals surface area contributed by atoms with Crippen molar-refractivity contribution < 1.29 is 14.6 Å². The number of nitrogens with zero attached hydrogens (tertiary/aromatic N) is 3. The number of carboxylic acids is 1. The second kappa shape index (κ2) is 6.21. The maximum atomic E-state index is 10.9. The van der Waals surface area contributed by atoms with E-state index >= 15 is 0 Å². The van der Waals surface area contributed by atoms with E-state index in [0.717, 1.165) is 27.6 Å². The Bertz CT molecular complexity index is 854. The molecule has 0 aliphatic heterocycles. The summed E-state index contributed by atoms with van der Waals surface area (Å²) in [5.74, 6) is -0.185. The Labute approximate surface area is 137 Å². The van der Waals surface area contributed by atoms with Gasteiger partial charge in [0.15, 0.2) is 0 Å². The van der Waals surface area contributed by atoms with Crippen molar-refractivity contribution in [3.05, 3.63) is 52.1 Å². The van der Waals surface area contributed by atoms with Crippen LogP contribution in [-0.4, -0.2) is 33.0 Å². The molecule has 0 atom stereocenters. The molecule has 0 aliphatic carbocycles. The number of aromatic nitrogens is 3. The standard InChI is InChI=1S/C16H15N3O3S/c1-10-3-11(5-13(4-10)22-2)14-9-23-15(18-14)8-19-7-12(6-17-19)16(20)21/h3-7,9H,8H2,1-2H3,(H,20,21). The molecule has 23 heavy (non-hydrogen) atoms. The Balaban J connectivity index is 1.82. The van der Waals surface area contributed by atoms with Crippen LogP contribution in [0.25, 0.3) is 11.3 Å². The molecule has 3 aromatic rings. The first-order valence-electron chi connectivity index (χ1n) is 6.91. The molecule has 0 saturated carbocycles. The van der Waals surface area contributed by atoms with E-state index in [1.807, 2.05) is 24.4 Å². The SMILES string of the molecule is COc1cc(C)cc(-c2csc(Cn3cc(C(=O)O)cn3)n2)c1. The summed E-state index contributed by atoms with van der Waals surface area (Å²) >= 11 is 1.52. The molecule has 118 valence electrons. The van der Waals surface area contributed by atoms with Crippen LogP contribution in [0.4, 0.5) is 0 Å². The molecule has 3 rings (SSSR count). The predicted octanol–water partition coefficient (Wildman–Crippen LogP) is 3.07. The van der Waals surface area contributed by atoms with E-state index in [0.29, 0.717) is 6.54 Å². The lowest BCUT2D eigenvalue weighted by Gasteiger charge is -2.04.